The third-order valence-electron chi connectivity index (χ3n) is 4.88. The van der Waals surface area contributed by atoms with E-state index >= 15 is 0 Å². The van der Waals surface area contributed by atoms with E-state index in [-0.39, 0.29) is 17.9 Å². The number of phenols is 1. The molecule has 0 bridgehead atoms. The zero-order valence-electron chi connectivity index (χ0n) is 18.7. The minimum Gasteiger partial charge on any atom is -0.508 e. The molecule has 33 heavy (non-hydrogen) atoms. The number of carbonyl (C=O) groups is 4. The number of aliphatic hydroxyl groups excluding tert-OH is 1. The SMILES string of the molecule is CC(C)C(NC(=O)C(Cc1ccc(O)cc1)NC(=O)C(CS)NC(=O)C(N)C(C)O)C(=O)O. The fourth-order valence-corrected chi connectivity index (χ4v) is 3.05. The molecule has 11 nitrogen and oxygen atoms in total. The van der Waals surface area contributed by atoms with Crippen LogP contribution in [0.4, 0.5) is 0 Å². The zero-order chi connectivity index (χ0) is 25.3. The number of aliphatic hydroxyl groups is 1. The Balaban J connectivity index is 3.07. The molecule has 5 atom stereocenters. The van der Waals surface area contributed by atoms with Gasteiger partial charge in [-0.15, -0.1) is 0 Å². The van der Waals surface area contributed by atoms with Crippen molar-refractivity contribution in [3.63, 3.8) is 0 Å². The topological polar surface area (TPSA) is 191 Å². The molecule has 12 heteroatoms. The lowest BCUT2D eigenvalue weighted by atomic mass is 10.0. The standard InChI is InChI=1S/C21H32N4O7S/c1-10(2)17(21(31)32)25-18(28)14(8-12-4-6-13(27)7-5-12)23-19(29)15(9-33)24-20(30)16(22)11(3)26/h4-7,10-11,14-17,26-27,33H,8-9,22H2,1-3H3,(H,23,29)(H,24,30)(H,25,28)(H,31,32). The smallest absolute Gasteiger partial charge is 0.326 e. The Bertz CT molecular complexity index is 832. The van der Waals surface area contributed by atoms with Gasteiger partial charge >= 0.3 is 5.97 Å². The molecule has 0 saturated heterocycles. The Hall–Kier alpha value is -2.83. The number of amides is 3. The number of nitrogens with two attached hydrogens (primary N) is 1. The normalized spacial score (nSPS) is 15.6. The first-order valence-electron chi connectivity index (χ1n) is 10.3. The molecule has 0 radical (unpaired) electrons. The molecule has 0 spiro atoms. The van der Waals surface area contributed by atoms with Crippen molar-refractivity contribution in [2.24, 2.45) is 11.7 Å². The Morgan fingerprint density at radius 1 is 0.939 bits per heavy atom. The average Bonchev–Trinajstić information content (AvgIpc) is 2.75. The van der Waals surface area contributed by atoms with E-state index in [1.54, 1.807) is 26.0 Å². The molecular formula is C21H32N4O7S. The van der Waals surface area contributed by atoms with Crippen LogP contribution in [-0.4, -0.2) is 75.0 Å². The van der Waals surface area contributed by atoms with E-state index in [0.717, 1.165) is 0 Å². The zero-order valence-corrected chi connectivity index (χ0v) is 19.6. The summed E-state index contributed by atoms with van der Waals surface area (Å²) in [4.78, 5) is 49.3. The van der Waals surface area contributed by atoms with Crippen LogP contribution in [0.15, 0.2) is 24.3 Å². The van der Waals surface area contributed by atoms with E-state index in [1.165, 1.54) is 19.1 Å². The maximum absolute atomic E-state index is 12.9. The van der Waals surface area contributed by atoms with Gasteiger partial charge in [-0.3, -0.25) is 14.4 Å². The highest BCUT2D eigenvalue weighted by molar-refractivity contribution is 7.80. The molecule has 184 valence electrons. The van der Waals surface area contributed by atoms with E-state index in [1.807, 2.05) is 0 Å². The van der Waals surface area contributed by atoms with Crippen molar-refractivity contribution in [3.8, 4) is 5.75 Å². The summed E-state index contributed by atoms with van der Waals surface area (Å²) in [7, 11) is 0. The lowest BCUT2D eigenvalue weighted by Crippen LogP contribution is -2.59. The quantitative estimate of drug-likeness (QED) is 0.169. The molecule has 0 aliphatic rings. The second-order valence-corrected chi connectivity index (χ2v) is 8.38. The number of thiol groups is 1. The van der Waals surface area contributed by atoms with Crippen LogP contribution < -0.4 is 21.7 Å². The largest absolute Gasteiger partial charge is 0.508 e. The van der Waals surface area contributed by atoms with Gasteiger partial charge in [0.05, 0.1) is 6.10 Å². The van der Waals surface area contributed by atoms with E-state index in [0.29, 0.717) is 5.56 Å². The second kappa shape index (κ2) is 13.0. The average molecular weight is 485 g/mol. The number of rotatable bonds is 12. The predicted molar refractivity (Wildman–Crippen MR) is 124 cm³/mol. The predicted octanol–water partition coefficient (Wildman–Crippen LogP) is -1.23. The first kappa shape index (κ1) is 28.2. The number of carbonyl (C=O) groups excluding carboxylic acids is 3. The van der Waals surface area contributed by atoms with Gasteiger partial charge in [0.25, 0.3) is 0 Å². The number of aliphatic carboxylic acids is 1. The summed E-state index contributed by atoms with van der Waals surface area (Å²) in [6.07, 6.45) is -1.16. The van der Waals surface area contributed by atoms with Gasteiger partial charge in [0, 0.05) is 12.2 Å². The molecule has 1 rings (SSSR count). The van der Waals surface area contributed by atoms with E-state index < -0.39 is 59.9 Å². The summed E-state index contributed by atoms with van der Waals surface area (Å²) in [5.41, 5.74) is 6.17. The fourth-order valence-electron chi connectivity index (χ4n) is 2.80. The van der Waals surface area contributed by atoms with Crippen LogP contribution >= 0.6 is 12.6 Å². The molecular weight excluding hydrogens is 452 g/mol. The molecule has 0 aliphatic carbocycles. The van der Waals surface area contributed by atoms with E-state index in [2.05, 4.69) is 28.6 Å². The van der Waals surface area contributed by atoms with Crippen LogP contribution in [0.2, 0.25) is 0 Å². The van der Waals surface area contributed by atoms with Gasteiger partial charge in [0.1, 0.15) is 29.9 Å². The van der Waals surface area contributed by atoms with Crippen LogP contribution in [0.25, 0.3) is 0 Å². The van der Waals surface area contributed by atoms with Gasteiger partial charge in [0.2, 0.25) is 17.7 Å². The number of hydrogen-bond acceptors (Lipinski definition) is 8. The summed E-state index contributed by atoms with van der Waals surface area (Å²) in [6.45, 7) is 4.58. The molecule has 5 unspecified atom stereocenters. The van der Waals surface area contributed by atoms with Crippen LogP contribution in [0.3, 0.4) is 0 Å². The van der Waals surface area contributed by atoms with Crippen molar-refractivity contribution in [2.45, 2.75) is 57.5 Å². The van der Waals surface area contributed by atoms with Gasteiger partial charge < -0.3 is 37.0 Å². The van der Waals surface area contributed by atoms with E-state index in [4.69, 9.17) is 5.73 Å². The minimum absolute atomic E-state index is 0.0112. The van der Waals surface area contributed by atoms with Crippen LogP contribution in [0.1, 0.15) is 26.3 Å². The fraction of sp³-hybridized carbons (Fsp3) is 0.524. The van der Waals surface area contributed by atoms with Crippen molar-refractivity contribution in [3.05, 3.63) is 29.8 Å². The Kier molecular flexibility index (Phi) is 11.1. The number of nitrogens with one attached hydrogen (secondary N) is 3. The highest BCUT2D eigenvalue weighted by atomic mass is 32.1. The van der Waals surface area contributed by atoms with Crippen molar-refractivity contribution in [1.82, 2.24) is 16.0 Å². The minimum atomic E-state index is -1.27. The number of carboxylic acid groups (broad SMARTS) is 1. The van der Waals surface area contributed by atoms with Crippen LogP contribution in [0, 0.1) is 5.92 Å². The third-order valence-corrected chi connectivity index (χ3v) is 5.24. The monoisotopic (exact) mass is 484 g/mol. The van der Waals surface area contributed by atoms with Gasteiger partial charge in [-0.2, -0.15) is 12.6 Å². The van der Waals surface area contributed by atoms with Crippen molar-refractivity contribution >= 4 is 36.3 Å². The molecule has 1 aromatic rings. The lowest BCUT2D eigenvalue weighted by molar-refractivity contribution is -0.143. The molecule has 0 heterocycles. The molecule has 0 fully saturated rings. The van der Waals surface area contributed by atoms with Crippen molar-refractivity contribution in [2.75, 3.05) is 5.75 Å². The summed E-state index contributed by atoms with van der Waals surface area (Å²) in [5.74, 6) is -4.00. The maximum Gasteiger partial charge on any atom is 0.326 e. The lowest BCUT2D eigenvalue weighted by Gasteiger charge is -2.26. The highest BCUT2D eigenvalue weighted by Crippen LogP contribution is 2.12. The number of phenolic OH excluding ortho intramolecular Hbond substituents is 1. The number of carboxylic acids is 1. The van der Waals surface area contributed by atoms with Gasteiger partial charge in [0.15, 0.2) is 0 Å². The Labute approximate surface area is 197 Å². The molecule has 0 aliphatic heterocycles. The molecule has 0 saturated carbocycles. The van der Waals surface area contributed by atoms with Crippen LogP contribution in [-0.2, 0) is 25.6 Å². The van der Waals surface area contributed by atoms with Gasteiger partial charge in [-0.1, -0.05) is 26.0 Å². The summed E-state index contributed by atoms with van der Waals surface area (Å²) in [5, 5.41) is 35.6. The highest BCUT2D eigenvalue weighted by Gasteiger charge is 2.31. The Morgan fingerprint density at radius 3 is 1.91 bits per heavy atom. The van der Waals surface area contributed by atoms with Crippen LogP contribution in [0.5, 0.6) is 5.75 Å². The van der Waals surface area contributed by atoms with Gasteiger partial charge in [-0.05, 0) is 30.5 Å². The molecule has 1 aromatic carbocycles. The Morgan fingerprint density at radius 2 is 1.45 bits per heavy atom. The van der Waals surface area contributed by atoms with Crippen molar-refractivity contribution < 1.29 is 34.5 Å². The summed E-state index contributed by atoms with van der Waals surface area (Å²) >= 11 is 4.06. The second-order valence-electron chi connectivity index (χ2n) is 8.01. The number of benzene rings is 1. The van der Waals surface area contributed by atoms with E-state index in [9.17, 15) is 34.5 Å². The number of aromatic hydroxyl groups is 1. The maximum atomic E-state index is 12.9. The first-order valence-corrected chi connectivity index (χ1v) is 11.0. The summed E-state index contributed by atoms with van der Waals surface area (Å²) < 4.78 is 0. The molecule has 0 aromatic heterocycles. The third kappa shape index (κ3) is 8.91. The molecule has 8 N–H and O–H groups in total. The summed E-state index contributed by atoms with van der Waals surface area (Å²) in [6, 6.07) is 1.13. The number of hydrogen-bond donors (Lipinski definition) is 8. The first-order chi connectivity index (χ1) is 15.4. The molecule has 3 amide bonds. The van der Waals surface area contributed by atoms with Gasteiger partial charge in [-0.25, -0.2) is 4.79 Å². The van der Waals surface area contributed by atoms with Crippen molar-refractivity contribution in [1.29, 1.82) is 0 Å².